The van der Waals surface area contributed by atoms with Crippen LogP contribution in [0.5, 0.6) is 0 Å². The van der Waals surface area contributed by atoms with Gasteiger partial charge in [-0.2, -0.15) is 0 Å². The molecule has 0 amide bonds. The molecule has 2 aromatic rings. The van der Waals surface area contributed by atoms with Crippen LogP contribution < -0.4 is 5.32 Å². The van der Waals surface area contributed by atoms with Crippen molar-refractivity contribution in [2.45, 2.75) is 27.3 Å². The van der Waals surface area contributed by atoms with Gasteiger partial charge in [-0.25, -0.2) is 0 Å². The summed E-state index contributed by atoms with van der Waals surface area (Å²) in [5.74, 6) is 0. The Labute approximate surface area is 99.7 Å². The van der Waals surface area contributed by atoms with Crippen molar-refractivity contribution in [3.8, 4) is 0 Å². The largest absolute Gasteiger partial charge is 0.370 e. The van der Waals surface area contributed by atoms with E-state index in [1.54, 1.807) is 6.20 Å². The van der Waals surface area contributed by atoms with Crippen LogP contribution in [0.3, 0.4) is 0 Å². The Morgan fingerprint density at radius 3 is 2.56 bits per heavy atom. The summed E-state index contributed by atoms with van der Waals surface area (Å²) >= 11 is 1.38. The van der Waals surface area contributed by atoms with E-state index >= 15 is 0 Å². The van der Waals surface area contributed by atoms with Crippen LogP contribution in [0.2, 0.25) is 0 Å². The van der Waals surface area contributed by atoms with Gasteiger partial charge < -0.3 is 5.32 Å². The zero-order valence-electron chi connectivity index (χ0n) is 9.74. The molecule has 0 aliphatic heterocycles. The zero-order chi connectivity index (χ0) is 11.5. The third-order valence-electron chi connectivity index (χ3n) is 2.77. The average molecular weight is 233 g/mol. The monoisotopic (exact) mass is 233 g/mol. The Hall–Kier alpha value is -1.42. The first-order valence-corrected chi connectivity index (χ1v) is 6.02. The fourth-order valence-corrected chi connectivity index (χ4v) is 2.05. The maximum Gasteiger partial charge on any atom is 0.130 e. The van der Waals surface area contributed by atoms with Crippen LogP contribution in [0.1, 0.15) is 22.3 Å². The second kappa shape index (κ2) is 4.61. The summed E-state index contributed by atoms with van der Waals surface area (Å²) in [5, 5.41) is 8.13. The number of hydrogen-bond acceptors (Lipinski definition) is 4. The van der Waals surface area contributed by atoms with Gasteiger partial charge in [0.1, 0.15) is 5.00 Å². The molecule has 0 atom stereocenters. The fourth-order valence-electron chi connectivity index (χ4n) is 1.64. The number of aromatic nitrogens is 2. The predicted molar refractivity (Wildman–Crippen MR) is 67.9 cm³/mol. The van der Waals surface area contributed by atoms with Crippen molar-refractivity contribution >= 4 is 16.5 Å². The zero-order valence-corrected chi connectivity index (χ0v) is 10.6. The van der Waals surface area contributed by atoms with Crippen molar-refractivity contribution in [3.63, 3.8) is 0 Å². The minimum atomic E-state index is 0.830. The van der Waals surface area contributed by atoms with E-state index in [0.29, 0.717) is 0 Å². The number of rotatable bonds is 3. The maximum absolute atomic E-state index is 3.82. The molecular weight excluding hydrogens is 218 g/mol. The number of nitrogens with one attached hydrogen (secondary N) is 1. The second-order valence-corrected chi connectivity index (χ2v) is 4.78. The summed E-state index contributed by atoms with van der Waals surface area (Å²) in [4.78, 5) is 0. The number of nitrogens with zero attached hydrogens (tertiary/aromatic N) is 2. The number of hydrogen-bond donors (Lipinski definition) is 1. The standard InChI is InChI=1S/C12H15N3S/c1-8-4-10(3)11(5-9(8)2)6-13-12-7-14-15-16-12/h4-5,7,13H,6H2,1-3H3. The van der Waals surface area contributed by atoms with Crippen molar-refractivity contribution in [1.29, 1.82) is 0 Å². The van der Waals surface area contributed by atoms with Gasteiger partial charge in [0.25, 0.3) is 0 Å². The maximum atomic E-state index is 3.82. The summed E-state index contributed by atoms with van der Waals surface area (Å²) in [6.45, 7) is 7.27. The molecule has 84 valence electrons. The molecule has 1 N–H and O–H groups in total. The Morgan fingerprint density at radius 2 is 1.88 bits per heavy atom. The highest BCUT2D eigenvalue weighted by atomic mass is 32.1. The van der Waals surface area contributed by atoms with E-state index in [0.717, 1.165) is 11.5 Å². The Balaban J connectivity index is 2.12. The summed E-state index contributed by atoms with van der Waals surface area (Å²) < 4.78 is 3.82. The van der Waals surface area contributed by atoms with Crippen molar-refractivity contribution in [1.82, 2.24) is 9.59 Å². The predicted octanol–water partition coefficient (Wildman–Crippen LogP) is 3.08. The Kier molecular flexibility index (Phi) is 3.19. The lowest BCUT2D eigenvalue weighted by Crippen LogP contribution is -2.01. The lowest BCUT2D eigenvalue weighted by molar-refractivity contribution is 1.10. The molecular formula is C12H15N3S. The third kappa shape index (κ3) is 2.39. The highest BCUT2D eigenvalue weighted by Gasteiger charge is 2.02. The molecule has 0 spiro atoms. The van der Waals surface area contributed by atoms with Crippen LogP contribution in [0.4, 0.5) is 5.00 Å². The molecule has 2 rings (SSSR count). The van der Waals surface area contributed by atoms with Gasteiger partial charge in [0, 0.05) is 18.1 Å². The molecule has 3 nitrogen and oxygen atoms in total. The molecule has 16 heavy (non-hydrogen) atoms. The second-order valence-electron chi connectivity index (χ2n) is 4.00. The summed E-state index contributed by atoms with van der Waals surface area (Å²) in [5.41, 5.74) is 5.34. The van der Waals surface area contributed by atoms with Gasteiger partial charge in [0.05, 0.1) is 6.20 Å². The van der Waals surface area contributed by atoms with E-state index in [-0.39, 0.29) is 0 Å². The van der Waals surface area contributed by atoms with Crippen molar-refractivity contribution in [3.05, 3.63) is 40.6 Å². The summed E-state index contributed by atoms with van der Waals surface area (Å²) in [7, 11) is 0. The molecule has 0 radical (unpaired) electrons. The van der Waals surface area contributed by atoms with E-state index in [1.165, 1.54) is 33.8 Å². The molecule has 1 aromatic carbocycles. The first kappa shape index (κ1) is 11.1. The van der Waals surface area contributed by atoms with E-state index in [2.05, 4.69) is 47.8 Å². The minimum Gasteiger partial charge on any atom is -0.370 e. The molecule has 1 heterocycles. The van der Waals surface area contributed by atoms with Crippen LogP contribution in [0.25, 0.3) is 0 Å². The van der Waals surface area contributed by atoms with Crippen LogP contribution in [-0.2, 0) is 6.54 Å². The van der Waals surface area contributed by atoms with E-state index in [9.17, 15) is 0 Å². The summed E-state index contributed by atoms with van der Waals surface area (Å²) in [6.07, 6.45) is 1.75. The van der Waals surface area contributed by atoms with Gasteiger partial charge in [0.2, 0.25) is 0 Å². The Bertz CT molecular complexity index is 477. The molecule has 0 bridgehead atoms. The van der Waals surface area contributed by atoms with Crippen molar-refractivity contribution in [2.75, 3.05) is 5.32 Å². The van der Waals surface area contributed by atoms with Gasteiger partial charge in [-0.15, -0.1) is 5.10 Å². The van der Waals surface area contributed by atoms with Crippen LogP contribution in [-0.4, -0.2) is 9.59 Å². The van der Waals surface area contributed by atoms with E-state index < -0.39 is 0 Å². The quantitative estimate of drug-likeness (QED) is 0.885. The van der Waals surface area contributed by atoms with E-state index in [1.807, 2.05) is 0 Å². The molecule has 0 aliphatic rings. The van der Waals surface area contributed by atoms with Gasteiger partial charge in [-0.3, -0.25) is 0 Å². The third-order valence-corrected chi connectivity index (χ3v) is 3.39. The number of aryl methyl sites for hydroxylation is 3. The topological polar surface area (TPSA) is 37.8 Å². The minimum absolute atomic E-state index is 0.830. The van der Waals surface area contributed by atoms with Gasteiger partial charge >= 0.3 is 0 Å². The first-order valence-electron chi connectivity index (χ1n) is 5.25. The summed E-state index contributed by atoms with van der Waals surface area (Å²) in [6, 6.07) is 4.48. The molecule has 0 fully saturated rings. The number of benzene rings is 1. The molecule has 4 heteroatoms. The normalized spacial score (nSPS) is 10.4. The van der Waals surface area contributed by atoms with Gasteiger partial charge in [-0.1, -0.05) is 16.6 Å². The molecule has 0 saturated carbocycles. The molecule has 0 aliphatic carbocycles. The fraction of sp³-hybridized carbons (Fsp3) is 0.333. The smallest absolute Gasteiger partial charge is 0.130 e. The molecule has 1 aromatic heterocycles. The van der Waals surface area contributed by atoms with Gasteiger partial charge in [-0.05, 0) is 43.0 Å². The molecule has 0 saturated heterocycles. The van der Waals surface area contributed by atoms with Crippen LogP contribution in [0.15, 0.2) is 18.3 Å². The first-order chi connectivity index (χ1) is 7.66. The number of anilines is 1. The van der Waals surface area contributed by atoms with Gasteiger partial charge in [0.15, 0.2) is 0 Å². The van der Waals surface area contributed by atoms with E-state index in [4.69, 9.17) is 0 Å². The Morgan fingerprint density at radius 1 is 1.12 bits per heavy atom. The average Bonchev–Trinajstić information content (AvgIpc) is 2.74. The molecule has 0 unspecified atom stereocenters. The van der Waals surface area contributed by atoms with Crippen LogP contribution in [0, 0.1) is 20.8 Å². The van der Waals surface area contributed by atoms with Crippen molar-refractivity contribution < 1.29 is 0 Å². The van der Waals surface area contributed by atoms with Crippen molar-refractivity contribution in [2.24, 2.45) is 0 Å². The van der Waals surface area contributed by atoms with Crippen LogP contribution >= 0.6 is 11.5 Å². The SMILES string of the molecule is Cc1cc(C)c(CNc2cnns2)cc1C. The highest BCUT2D eigenvalue weighted by Crippen LogP contribution is 2.17. The lowest BCUT2D eigenvalue weighted by atomic mass is 10.0. The lowest BCUT2D eigenvalue weighted by Gasteiger charge is -2.10. The highest BCUT2D eigenvalue weighted by molar-refractivity contribution is 7.09.